The van der Waals surface area contributed by atoms with Gasteiger partial charge in [-0.05, 0) is 37.7 Å². The normalized spacial score (nSPS) is 21.9. The van der Waals surface area contributed by atoms with Gasteiger partial charge in [-0.3, -0.25) is 0 Å². The van der Waals surface area contributed by atoms with Crippen LogP contribution in [0.15, 0.2) is 29.1 Å². The molecule has 3 nitrogen and oxygen atoms in total. The molecule has 0 spiro atoms. The summed E-state index contributed by atoms with van der Waals surface area (Å²) in [5, 5.41) is 2.38. The molecule has 72 valence electrons. The molecular formula is C10H15NO2. The van der Waals surface area contributed by atoms with Gasteiger partial charge in [0.05, 0.1) is 0 Å². The molecule has 0 aromatic heterocycles. The Morgan fingerprint density at radius 1 is 1.85 bits per heavy atom. The van der Waals surface area contributed by atoms with Crippen LogP contribution in [0.3, 0.4) is 0 Å². The number of allylic oxidation sites excluding steroid dienone is 2. The highest BCUT2D eigenvalue weighted by Gasteiger charge is 2.14. The molecular weight excluding hydrogens is 166 g/mol. The Hall–Kier alpha value is -1.12. The summed E-state index contributed by atoms with van der Waals surface area (Å²) in [5.41, 5.74) is 2.42. The predicted octanol–water partition coefficient (Wildman–Crippen LogP) is 2.99. The first-order valence-corrected chi connectivity index (χ1v) is 4.52. The van der Waals surface area contributed by atoms with Crippen LogP contribution in [-0.4, -0.2) is 6.61 Å². The van der Waals surface area contributed by atoms with E-state index in [4.69, 9.17) is 0 Å². The Labute approximate surface area is 78.4 Å². The number of hydrogen-bond donors (Lipinski definition) is 0. The zero-order chi connectivity index (χ0) is 9.68. The SMILES string of the molecule is C=C(C)C1CC=C(CON=O)CC1. The monoisotopic (exact) mass is 181 g/mol. The maximum atomic E-state index is 9.71. The lowest BCUT2D eigenvalue weighted by Gasteiger charge is -2.21. The lowest BCUT2D eigenvalue weighted by Crippen LogP contribution is -2.08. The van der Waals surface area contributed by atoms with Crippen molar-refractivity contribution >= 4 is 0 Å². The number of nitrogens with zero attached hydrogens (tertiary/aromatic N) is 1. The van der Waals surface area contributed by atoms with Crippen molar-refractivity contribution < 1.29 is 4.84 Å². The van der Waals surface area contributed by atoms with Crippen LogP contribution in [0.4, 0.5) is 0 Å². The van der Waals surface area contributed by atoms with Crippen molar-refractivity contribution in [2.24, 2.45) is 11.3 Å². The van der Waals surface area contributed by atoms with E-state index in [9.17, 15) is 4.91 Å². The smallest absolute Gasteiger partial charge is 0.155 e. The molecule has 0 N–H and O–H groups in total. The van der Waals surface area contributed by atoms with E-state index in [1.165, 1.54) is 11.1 Å². The summed E-state index contributed by atoms with van der Waals surface area (Å²) < 4.78 is 0. The van der Waals surface area contributed by atoms with E-state index in [0.29, 0.717) is 12.5 Å². The number of hydrogen-bond acceptors (Lipinski definition) is 3. The molecule has 1 aliphatic carbocycles. The van der Waals surface area contributed by atoms with E-state index in [1.807, 2.05) is 0 Å². The van der Waals surface area contributed by atoms with Crippen molar-refractivity contribution in [1.29, 1.82) is 0 Å². The van der Waals surface area contributed by atoms with Crippen LogP contribution >= 0.6 is 0 Å². The zero-order valence-corrected chi connectivity index (χ0v) is 7.95. The third kappa shape index (κ3) is 3.01. The molecule has 1 atom stereocenters. The summed E-state index contributed by atoms with van der Waals surface area (Å²) >= 11 is 0. The van der Waals surface area contributed by atoms with Crippen molar-refractivity contribution in [1.82, 2.24) is 0 Å². The maximum absolute atomic E-state index is 9.71. The van der Waals surface area contributed by atoms with Crippen LogP contribution in [0, 0.1) is 10.8 Å². The average molecular weight is 181 g/mol. The van der Waals surface area contributed by atoms with Gasteiger partial charge in [0, 0.05) is 0 Å². The van der Waals surface area contributed by atoms with Crippen LogP contribution < -0.4 is 0 Å². The second kappa shape index (κ2) is 4.80. The highest BCUT2D eigenvalue weighted by Crippen LogP contribution is 2.28. The molecule has 0 aliphatic heterocycles. The fourth-order valence-electron chi connectivity index (χ4n) is 1.58. The van der Waals surface area contributed by atoms with Crippen molar-refractivity contribution in [3.8, 4) is 0 Å². The summed E-state index contributed by atoms with van der Waals surface area (Å²) in [6.45, 7) is 6.35. The van der Waals surface area contributed by atoms with Crippen LogP contribution in [0.1, 0.15) is 26.2 Å². The Morgan fingerprint density at radius 3 is 3.08 bits per heavy atom. The van der Waals surface area contributed by atoms with Gasteiger partial charge in [0.25, 0.3) is 0 Å². The Balaban J connectivity index is 2.38. The molecule has 1 unspecified atom stereocenters. The molecule has 0 aromatic rings. The van der Waals surface area contributed by atoms with Crippen molar-refractivity contribution in [2.75, 3.05) is 6.61 Å². The summed E-state index contributed by atoms with van der Waals surface area (Å²) in [6, 6.07) is 0. The van der Waals surface area contributed by atoms with E-state index in [1.54, 1.807) is 0 Å². The van der Waals surface area contributed by atoms with Crippen LogP contribution in [0.25, 0.3) is 0 Å². The van der Waals surface area contributed by atoms with Gasteiger partial charge in [-0.1, -0.05) is 18.2 Å². The quantitative estimate of drug-likeness (QED) is 0.380. The molecule has 1 aliphatic rings. The summed E-state index contributed by atoms with van der Waals surface area (Å²) in [6.07, 6.45) is 5.26. The standard InChI is InChI=1S/C10H15NO2/c1-8(2)10-5-3-9(4-6-10)7-13-11-12/h3,10H,1,4-7H2,2H3. The first-order chi connectivity index (χ1) is 6.24. The molecule has 0 bridgehead atoms. The largest absolute Gasteiger partial charge is 0.360 e. The Morgan fingerprint density at radius 2 is 2.62 bits per heavy atom. The average Bonchev–Trinajstić information content (AvgIpc) is 2.15. The van der Waals surface area contributed by atoms with E-state index in [2.05, 4.69) is 29.8 Å². The van der Waals surface area contributed by atoms with Gasteiger partial charge in [-0.25, -0.2) is 0 Å². The zero-order valence-electron chi connectivity index (χ0n) is 7.95. The van der Waals surface area contributed by atoms with Crippen molar-refractivity contribution in [3.63, 3.8) is 0 Å². The van der Waals surface area contributed by atoms with Crippen molar-refractivity contribution in [2.45, 2.75) is 26.2 Å². The van der Waals surface area contributed by atoms with E-state index in [-0.39, 0.29) is 0 Å². The molecule has 0 saturated heterocycles. The molecule has 0 aromatic carbocycles. The van der Waals surface area contributed by atoms with Gasteiger partial charge in [0.1, 0.15) is 6.61 Å². The molecule has 13 heavy (non-hydrogen) atoms. The minimum absolute atomic E-state index is 0.354. The number of rotatable bonds is 4. The Bertz CT molecular complexity index is 233. The molecule has 0 fully saturated rings. The lowest BCUT2D eigenvalue weighted by atomic mass is 9.86. The van der Waals surface area contributed by atoms with Gasteiger partial charge in [-0.2, -0.15) is 0 Å². The van der Waals surface area contributed by atoms with E-state index >= 15 is 0 Å². The van der Waals surface area contributed by atoms with Gasteiger partial charge in [-0.15, -0.1) is 4.91 Å². The van der Waals surface area contributed by atoms with Gasteiger partial charge < -0.3 is 4.84 Å². The van der Waals surface area contributed by atoms with Gasteiger partial charge in [0.2, 0.25) is 0 Å². The second-order valence-electron chi connectivity index (χ2n) is 3.53. The first kappa shape index (κ1) is 9.96. The summed E-state index contributed by atoms with van der Waals surface area (Å²) in [7, 11) is 0. The third-order valence-corrected chi connectivity index (χ3v) is 2.50. The predicted molar refractivity (Wildman–Crippen MR) is 52.0 cm³/mol. The molecule has 0 saturated carbocycles. The molecule has 3 heteroatoms. The molecule has 0 amide bonds. The second-order valence-corrected chi connectivity index (χ2v) is 3.53. The lowest BCUT2D eigenvalue weighted by molar-refractivity contribution is 0.158. The summed E-state index contributed by atoms with van der Waals surface area (Å²) in [5.74, 6) is 0.605. The van der Waals surface area contributed by atoms with Crippen LogP contribution in [0.2, 0.25) is 0 Å². The summed E-state index contributed by atoms with van der Waals surface area (Å²) in [4.78, 5) is 14.2. The van der Waals surface area contributed by atoms with Gasteiger partial charge >= 0.3 is 0 Å². The Kier molecular flexibility index (Phi) is 3.68. The fraction of sp³-hybridized carbons (Fsp3) is 0.600. The van der Waals surface area contributed by atoms with E-state index in [0.717, 1.165) is 19.3 Å². The van der Waals surface area contributed by atoms with E-state index < -0.39 is 0 Å². The molecule has 1 rings (SSSR count). The molecule has 0 radical (unpaired) electrons. The van der Waals surface area contributed by atoms with Crippen LogP contribution in [-0.2, 0) is 4.84 Å². The van der Waals surface area contributed by atoms with Gasteiger partial charge in [0.15, 0.2) is 5.34 Å². The molecule has 0 heterocycles. The van der Waals surface area contributed by atoms with Crippen LogP contribution in [0.5, 0.6) is 0 Å². The topological polar surface area (TPSA) is 38.7 Å². The third-order valence-electron chi connectivity index (χ3n) is 2.50. The maximum Gasteiger partial charge on any atom is 0.155 e. The fourth-order valence-corrected chi connectivity index (χ4v) is 1.58. The van der Waals surface area contributed by atoms with Crippen molar-refractivity contribution in [3.05, 3.63) is 28.7 Å². The minimum Gasteiger partial charge on any atom is -0.360 e. The highest BCUT2D eigenvalue weighted by atomic mass is 16.7. The minimum atomic E-state index is 0.354. The first-order valence-electron chi connectivity index (χ1n) is 4.52. The highest BCUT2D eigenvalue weighted by molar-refractivity contribution is 5.12.